The highest BCUT2D eigenvalue weighted by Crippen LogP contribution is 2.32. The third-order valence-electron chi connectivity index (χ3n) is 5.69. The second kappa shape index (κ2) is 10.7. The summed E-state index contributed by atoms with van der Waals surface area (Å²) in [6.45, 7) is 7.44. The number of rotatable bonds is 9. The maximum absolute atomic E-state index is 13.1. The maximum atomic E-state index is 13.1. The van der Waals surface area contributed by atoms with Crippen molar-refractivity contribution in [3.63, 3.8) is 0 Å². The van der Waals surface area contributed by atoms with Crippen LogP contribution in [0.2, 0.25) is 5.02 Å². The molecule has 0 bridgehead atoms. The highest BCUT2D eigenvalue weighted by molar-refractivity contribution is 7.89. The molecule has 0 aliphatic carbocycles. The van der Waals surface area contributed by atoms with Gasteiger partial charge < -0.3 is 9.15 Å². The van der Waals surface area contributed by atoms with E-state index < -0.39 is 27.7 Å². The summed E-state index contributed by atoms with van der Waals surface area (Å²) in [7, 11) is -3.97. The first kappa shape index (κ1) is 25.9. The average Bonchev–Trinajstić information content (AvgIpc) is 2.78. The number of sulfonamides is 1. The highest BCUT2D eigenvalue weighted by atomic mass is 35.5. The molecule has 1 aromatic heterocycles. The molecule has 34 heavy (non-hydrogen) atoms. The van der Waals surface area contributed by atoms with Crippen molar-refractivity contribution in [2.75, 3.05) is 0 Å². The molecule has 0 aliphatic heterocycles. The molecule has 0 saturated heterocycles. The van der Waals surface area contributed by atoms with Gasteiger partial charge in [-0.2, -0.15) is 4.72 Å². The second-order valence-corrected chi connectivity index (χ2v) is 10.5. The Kier molecular flexibility index (Phi) is 8.17. The lowest BCUT2D eigenvalue weighted by atomic mass is 10.0. The van der Waals surface area contributed by atoms with Crippen LogP contribution in [0.25, 0.3) is 11.0 Å². The number of hydrogen-bond acceptors (Lipinski definition) is 6. The van der Waals surface area contributed by atoms with E-state index in [9.17, 15) is 18.0 Å². The molecule has 9 heteroatoms. The van der Waals surface area contributed by atoms with Crippen LogP contribution < -0.4 is 15.1 Å². The predicted octanol–water partition coefficient (Wildman–Crippen LogP) is 5.01. The van der Waals surface area contributed by atoms with Crippen molar-refractivity contribution in [2.24, 2.45) is 5.92 Å². The van der Waals surface area contributed by atoms with E-state index in [4.69, 9.17) is 20.8 Å². The van der Waals surface area contributed by atoms with Gasteiger partial charge in [-0.1, -0.05) is 62.9 Å². The zero-order chi connectivity index (χ0) is 25.0. The third-order valence-corrected chi connectivity index (χ3v) is 7.45. The van der Waals surface area contributed by atoms with Crippen molar-refractivity contribution < 1.29 is 22.4 Å². The van der Waals surface area contributed by atoms with Crippen molar-refractivity contribution in [1.29, 1.82) is 0 Å². The molecule has 1 heterocycles. The smallest absolute Gasteiger partial charge is 0.336 e. The standard InChI is InChI=1S/C25H28ClNO6S/c1-5-7-17-12-23(28)32-21-14-22(20(26)13-19(17)21)33-25(29)24(16(4)6-2)27-34(30,31)18-10-8-15(3)9-11-18/h8-14,16,24,27H,5-7H2,1-4H3/t16-,24+/m0/s1. The van der Waals surface area contributed by atoms with Gasteiger partial charge in [0.15, 0.2) is 5.75 Å². The molecule has 0 fully saturated rings. The summed E-state index contributed by atoms with van der Waals surface area (Å²) in [6, 6.07) is 9.56. The molecule has 182 valence electrons. The lowest BCUT2D eigenvalue weighted by Crippen LogP contribution is -2.46. The Morgan fingerprint density at radius 2 is 1.82 bits per heavy atom. The number of ether oxygens (including phenoxy) is 1. The van der Waals surface area contributed by atoms with Crippen LogP contribution >= 0.6 is 11.6 Å². The van der Waals surface area contributed by atoms with Gasteiger partial charge in [0.25, 0.3) is 0 Å². The van der Waals surface area contributed by atoms with Crippen molar-refractivity contribution in [3.8, 4) is 5.75 Å². The Morgan fingerprint density at radius 1 is 1.15 bits per heavy atom. The van der Waals surface area contributed by atoms with Gasteiger partial charge in [0.1, 0.15) is 11.6 Å². The number of aryl methyl sites for hydroxylation is 2. The fourth-order valence-corrected chi connectivity index (χ4v) is 5.03. The van der Waals surface area contributed by atoms with Crippen LogP contribution in [0.1, 0.15) is 44.7 Å². The molecular formula is C25H28ClNO6S. The molecular weight excluding hydrogens is 478 g/mol. The minimum atomic E-state index is -3.97. The van der Waals surface area contributed by atoms with E-state index in [1.54, 1.807) is 25.1 Å². The minimum absolute atomic E-state index is 0.0150. The first-order chi connectivity index (χ1) is 16.1. The molecule has 2 atom stereocenters. The Balaban J connectivity index is 1.93. The molecule has 1 N–H and O–H groups in total. The summed E-state index contributed by atoms with van der Waals surface area (Å²) in [4.78, 5) is 25.1. The van der Waals surface area contributed by atoms with E-state index in [-0.39, 0.29) is 27.2 Å². The van der Waals surface area contributed by atoms with Gasteiger partial charge in [0.05, 0.1) is 9.92 Å². The minimum Gasteiger partial charge on any atom is -0.424 e. The third kappa shape index (κ3) is 5.87. The molecule has 7 nitrogen and oxygen atoms in total. The summed E-state index contributed by atoms with van der Waals surface area (Å²) in [5.74, 6) is -1.18. The Bertz CT molecular complexity index is 1350. The van der Waals surface area contributed by atoms with E-state index in [1.807, 2.05) is 20.8 Å². The summed E-state index contributed by atoms with van der Waals surface area (Å²) >= 11 is 6.39. The highest BCUT2D eigenvalue weighted by Gasteiger charge is 2.32. The number of fused-ring (bicyclic) bond motifs is 1. The van der Waals surface area contributed by atoms with Gasteiger partial charge in [-0.3, -0.25) is 0 Å². The van der Waals surface area contributed by atoms with Gasteiger partial charge in [0.2, 0.25) is 10.0 Å². The monoisotopic (exact) mass is 505 g/mol. The van der Waals surface area contributed by atoms with Crippen LogP contribution in [0.15, 0.2) is 56.6 Å². The van der Waals surface area contributed by atoms with E-state index in [2.05, 4.69) is 4.72 Å². The molecule has 0 unspecified atom stereocenters. The zero-order valence-corrected chi connectivity index (χ0v) is 21.1. The topological polar surface area (TPSA) is 103 Å². The Hall–Kier alpha value is -2.68. The summed E-state index contributed by atoms with van der Waals surface area (Å²) in [5.41, 5.74) is 1.43. The number of halogens is 1. The van der Waals surface area contributed by atoms with E-state index in [0.717, 1.165) is 17.5 Å². The lowest BCUT2D eigenvalue weighted by Gasteiger charge is -2.23. The quantitative estimate of drug-likeness (QED) is 0.249. The number of carbonyl (C=O) groups excluding carboxylic acids is 1. The molecule has 0 saturated carbocycles. The maximum Gasteiger partial charge on any atom is 0.336 e. The summed E-state index contributed by atoms with van der Waals surface area (Å²) < 4.78 is 39.1. The Morgan fingerprint density at radius 3 is 2.44 bits per heavy atom. The van der Waals surface area contributed by atoms with Crippen LogP contribution in [-0.4, -0.2) is 20.4 Å². The van der Waals surface area contributed by atoms with Crippen LogP contribution in [0, 0.1) is 12.8 Å². The molecule has 3 rings (SSSR count). The van der Waals surface area contributed by atoms with Crippen molar-refractivity contribution in [3.05, 3.63) is 69.0 Å². The van der Waals surface area contributed by atoms with Gasteiger partial charge in [0, 0.05) is 17.5 Å². The predicted molar refractivity (Wildman–Crippen MR) is 132 cm³/mol. The van der Waals surface area contributed by atoms with Gasteiger partial charge >= 0.3 is 11.6 Å². The largest absolute Gasteiger partial charge is 0.424 e. The Labute approximate surface area is 204 Å². The number of nitrogens with one attached hydrogen (secondary N) is 1. The first-order valence-electron chi connectivity index (χ1n) is 11.1. The van der Waals surface area contributed by atoms with E-state index >= 15 is 0 Å². The van der Waals surface area contributed by atoms with E-state index in [0.29, 0.717) is 18.2 Å². The first-order valence-corrected chi connectivity index (χ1v) is 13.0. The van der Waals surface area contributed by atoms with Crippen molar-refractivity contribution in [1.82, 2.24) is 4.72 Å². The molecule has 0 spiro atoms. The molecule has 0 radical (unpaired) electrons. The SMILES string of the molecule is CCCc1cc(=O)oc2cc(OC(=O)[C@H](NS(=O)(=O)c3ccc(C)cc3)[C@@H](C)CC)c(Cl)cc12. The van der Waals surface area contributed by atoms with Crippen LogP contribution in [0.4, 0.5) is 0 Å². The normalized spacial score (nSPS) is 13.6. The van der Waals surface area contributed by atoms with E-state index in [1.165, 1.54) is 24.3 Å². The molecule has 3 aromatic rings. The molecule has 0 aliphatic rings. The fourth-order valence-electron chi connectivity index (χ4n) is 3.54. The lowest BCUT2D eigenvalue weighted by molar-refractivity contribution is -0.137. The number of esters is 1. The second-order valence-electron chi connectivity index (χ2n) is 8.34. The van der Waals surface area contributed by atoms with Crippen molar-refractivity contribution in [2.45, 2.75) is 57.9 Å². The van der Waals surface area contributed by atoms with Crippen LogP contribution in [-0.2, 0) is 21.2 Å². The number of carbonyl (C=O) groups is 1. The van der Waals surface area contributed by atoms with Crippen LogP contribution in [0.3, 0.4) is 0 Å². The van der Waals surface area contributed by atoms with Crippen LogP contribution in [0.5, 0.6) is 5.75 Å². The summed E-state index contributed by atoms with van der Waals surface area (Å²) in [6.07, 6.45) is 2.01. The molecule has 2 aromatic carbocycles. The summed E-state index contributed by atoms with van der Waals surface area (Å²) in [5, 5.41) is 0.807. The van der Waals surface area contributed by atoms with Crippen molar-refractivity contribution >= 4 is 38.6 Å². The zero-order valence-electron chi connectivity index (χ0n) is 19.6. The van der Waals surface area contributed by atoms with Gasteiger partial charge in [-0.25, -0.2) is 18.0 Å². The average molecular weight is 506 g/mol. The fraction of sp³-hybridized carbons (Fsp3) is 0.360. The van der Waals surface area contributed by atoms with Gasteiger partial charge in [-0.15, -0.1) is 0 Å². The van der Waals surface area contributed by atoms with Gasteiger partial charge in [-0.05, 0) is 43.0 Å². The number of benzene rings is 2. The molecule has 0 amide bonds. The number of hydrogen-bond donors (Lipinski definition) is 1.